The zero-order valence-electron chi connectivity index (χ0n) is 55.1. The van der Waals surface area contributed by atoms with Crippen LogP contribution < -0.4 is 0 Å². The van der Waals surface area contributed by atoms with E-state index in [2.05, 4.69) is 19.9 Å². The lowest BCUT2D eigenvalue weighted by Gasteiger charge is -2.73. The van der Waals surface area contributed by atoms with Crippen molar-refractivity contribution in [3.05, 3.63) is 34.9 Å². The molecule has 28 heteroatoms. The molecule has 28 nitrogen and oxygen atoms in total. The summed E-state index contributed by atoms with van der Waals surface area (Å²) in [5.41, 5.74) is -5.27. The van der Waals surface area contributed by atoms with E-state index in [1.807, 2.05) is 34.6 Å². The molecule has 5 aliphatic carbocycles. The molecular formula is C65H100O28. The Balaban J connectivity index is 1.04. The summed E-state index contributed by atoms with van der Waals surface area (Å²) in [6.45, 7) is 20.5. The van der Waals surface area contributed by atoms with Gasteiger partial charge < -0.3 is 118 Å². The number of allylic oxidation sites excluding steroid dienone is 3. The first-order chi connectivity index (χ1) is 43.4. The Bertz CT molecular complexity index is 2820. The van der Waals surface area contributed by atoms with E-state index in [1.54, 1.807) is 20.8 Å². The van der Waals surface area contributed by atoms with Crippen molar-refractivity contribution in [3.63, 3.8) is 0 Å². The highest BCUT2D eigenvalue weighted by Gasteiger charge is 2.77. The molecule has 0 aromatic rings. The number of hydrogen-bond acceptors (Lipinski definition) is 27. The van der Waals surface area contributed by atoms with Crippen LogP contribution in [0.15, 0.2) is 34.9 Å². The van der Waals surface area contributed by atoms with Gasteiger partial charge in [0.25, 0.3) is 0 Å². The third-order valence-corrected chi connectivity index (χ3v) is 23.7. The Hall–Kier alpha value is -3.70. The first-order valence-electron chi connectivity index (χ1n) is 32.4. The van der Waals surface area contributed by atoms with Gasteiger partial charge in [-0.2, -0.15) is 0 Å². The average Bonchev–Trinajstić information content (AvgIpc) is 0.958. The van der Waals surface area contributed by atoms with Crippen LogP contribution >= 0.6 is 0 Å². The molecular weight excluding hydrogens is 1230 g/mol. The number of esters is 3. The summed E-state index contributed by atoms with van der Waals surface area (Å²) in [6.07, 6.45) is -32.8. The number of ether oxygens (including phenoxy) is 11. The maximum Gasteiger partial charge on any atom is 0.335 e. The average molecular weight is 1330 g/mol. The number of aliphatic hydroxyl groups is 12. The van der Waals surface area contributed by atoms with Gasteiger partial charge in [-0.25, -0.2) is 14.4 Å². The van der Waals surface area contributed by atoms with Crippen molar-refractivity contribution < 1.29 is 138 Å². The van der Waals surface area contributed by atoms with Gasteiger partial charge in [0.05, 0.1) is 49.7 Å². The third-order valence-electron chi connectivity index (χ3n) is 23.7. The first-order valence-corrected chi connectivity index (χ1v) is 32.4. The van der Waals surface area contributed by atoms with Crippen LogP contribution in [0, 0.1) is 50.2 Å². The van der Waals surface area contributed by atoms with Gasteiger partial charge in [-0.1, -0.05) is 72.3 Å². The van der Waals surface area contributed by atoms with Crippen molar-refractivity contribution in [1.29, 1.82) is 0 Å². The predicted molar refractivity (Wildman–Crippen MR) is 318 cm³/mol. The Morgan fingerprint density at radius 1 is 0.581 bits per heavy atom. The molecule has 528 valence electrons. The van der Waals surface area contributed by atoms with Gasteiger partial charge >= 0.3 is 23.9 Å². The van der Waals surface area contributed by atoms with Crippen LogP contribution in [-0.2, 0) is 71.3 Å². The maximum absolute atomic E-state index is 14.3. The van der Waals surface area contributed by atoms with E-state index in [9.17, 15) is 85.6 Å². The molecule has 31 atom stereocenters. The largest absolute Gasteiger partial charge is 0.479 e. The monoisotopic (exact) mass is 1330 g/mol. The molecule has 4 saturated heterocycles. The van der Waals surface area contributed by atoms with Gasteiger partial charge in [0.1, 0.15) is 79.4 Å². The summed E-state index contributed by atoms with van der Waals surface area (Å²) in [5, 5.41) is 148. The summed E-state index contributed by atoms with van der Waals surface area (Å²) < 4.78 is 67.5. The van der Waals surface area contributed by atoms with Crippen molar-refractivity contribution >= 4 is 23.9 Å². The zero-order chi connectivity index (χ0) is 68.9. The minimum Gasteiger partial charge on any atom is -0.479 e. The van der Waals surface area contributed by atoms with Crippen LogP contribution in [-0.4, -0.2) is 257 Å². The molecule has 9 rings (SSSR count). The quantitative estimate of drug-likeness (QED) is 0.0292. The molecule has 8 fully saturated rings. The number of carbonyl (C=O) groups excluding carboxylic acids is 3. The molecule has 3 unspecified atom stereocenters. The molecule has 9 aliphatic rings. The smallest absolute Gasteiger partial charge is 0.335 e. The molecule has 0 aromatic heterocycles. The summed E-state index contributed by atoms with van der Waals surface area (Å²) in [4.78, 5) is 53.0. The molecule has 13 N–H and O–H groups in total. The van der Waals surface area contributed by atoms with Crippen LogP contribution in [0.25, 0.3) is 0 Å². The number of hydrogen-bond donors (Lipinski definition) is 13. The number of aliphatic carboxylic acids is 1. The fraction of sp³-hybridized carbons (Fsp3) is 0.846. The van der Waals surface area contributed by atoms with E-state index in [1.165, 1.54) is 26.0 Å². The van der Waals surface area contributed by atoms with Crippen molar-refractivity contribution in [2.45, 2.75) is 276 Å². The van der Waals surface area contributed by atoms with Crippen LogP contribution in [0.2, 0.25) is 0 Å². The van der Waals surface area contributed by atoms with E-state index in [0.717, 1.165) is 12.5 Å². The van der Waals surface area contributed by atoms with Gasteiger partial charge in [-0.3, -0.25) is 4.79 Å². The second kappa shape index (κ2) is 27.2. The molecule has 0 amide bonds. The van der Waals surface area contributed by atoms with E-state index in [-0.39, 0.29) is 35.8 Å². The molecule has 4 saturated carbocycles. The van der Waals surface area contributed by atoms with Gasteiger partial charge in [0.15, 0.2) is 43.5 Å². The number of rotatable bonds is 17. The number of aliphatic hydroxyl groups excluding tert-OH is 12. The lowest BCUT2D eigenvalue weighted by molar-refractivity contribution is -0.386. The fourth-order valence-corrected chi connectivity index (χ4v) is 18.0. The van der Waals surface area contributed by atoms with E-state index in [4.69, 9.17) is 52.1 Å². The summed E-state index contributed by atoms with van der Waals surface area (Å²) in [6, 6.07) is 0. The van der Waals surface area contributed by atoms with Crippen molar-refractivity contribution in [1.82, 2.24) is 0 Å². The maximum atomic E-state index is 14.3. The van der Waals surface area contributed by atoms with Crippen molar-refractivity contribution in [2.24, 2.45) is 50.2 Å². The second-order valence-corrected chi connectivity index (χ2v) is 29.4. The minimum atomic E-state index is -2.16. The Morgan fingerprint density at radius 3 is 1.70 bits per heavy atom. The third kappa shape index (κ3) is 12.2. The van der Waals surface area contributed by atoms with Gasteiger partial charge in [0, 0.05) is 23.5 Å². The van der Waals surface area contributed by atoms with Crippen LogP contribution in [0.3, 0.4) is 0 Å². The Kier molecular flexibility index (Phi) is 21.5. The molecule has 0 spiro atoms. The van der Waals surface area contributed by atoms with Crippen LogP contribution in [0.4, 0.5) is 0 Å². The topological polar surface area (TPSA) is 433 Å². The molecule has 0 radical (unpaired) electrons. The van der Waals surface area contributed by atoms with Crippen LogP contribution in [0.5, 0.6) is 0 Å². The first kappa shape index (κ1) is 73.5. The van der Waals surface area contributed by atoms with Gasteiger partial charge in [0.2, 0.25) is 0 Å². The highest BCUT2D eigenvalue weighted by Crippen LogP contribution is 2.76. The Labute approximate surface area is 540 Å². The number of carbonyl (C=O) groups is 4. The number of fused-ring (bicyclic) bond motifs is 7. The van der Waals surface area contributed by atoms with E-state index >= 15 is 0 Å². The summed E-state index contributed by atoms with van der Waals surface area (Å²) >= 11 is 0. The molecule has 0 bridgehead atoms. The minimum absolute atomic E-state index is 0.163. The fourth-order valence-electron chi connectivity index (χ4n) is 18.0. The second-order valence-electron chi connectivity index (χ2n) is 29.4. The lowest BCUT2D eigenvalue weighted by atomic mass is 9.32. The SMILES string of the molecule is C/C=C(/C)C(=O)O[C@@H]1[C@@H](OC(C)=O)[C@@H](O)[C@H](O[C@H]2[C@@H](OC(=O)/C(C)=C\C)[C@@]3(CO)C(CC2(C)C)C2=CCC4[C@@]5(C)CC[C@H](O[C@H]6O[C@H](C(=O)O)[C@@H](O)[C@H](O[C@H]7O[C@H](CO)[C@@H](O)[C@@H]7O)[C@H]6O[C@@H]6O[C@H](CO)[C@H](O)[C@H](O)[C@H]6O)C(C)(C)C5CC[C@@]4(C)[C@]2(C)[C@H](O)[C@@H]3O)O[C@H]1C. The highest BCUT2D eigenvalue weighted by atomic mass is 16.8. The van der Waals surface area contributed by atoms with E-state index in [0.29, 0.717) is 25.7 Å². The summed E-state index contributed by atoms with van der Waals surface area (Å²) in [7, 11) is 0. The molecule has 0 aromatic carbocycles. The van der Waals surface area contributed by atoms with Crippen molar-refractivity contribution in [3.8, 4) is 0 Å². The highest BCUT2D eigenvalue weighted by molar-refractivity contribution is 5.88. The normalized spacial score (nSPS) is 48.8. The number of carboxylic acid groups (broad SMARTS) is 1. The standard InChI is InChI=1S/C65H100O28/c1-14-26(3)54(81)88-44-28(5)83-58(43(76)46(44)84-29(6)69)93-51-52(92-55(82)27(4)15-2)65(25-68)31(22-60(51,7)8)30-16-17-35-62(11)20-19-36(61(9,10)34(62)18-21-63(35,12)64(30,13)49(77)50(65)78)87-59-48(91-57-41(74)39(72)37(70)32(23-66)85-57)45(42(75)47(90-59)53(79)80)89-56-40(73)38(71)33(24-67)86-56/h14-16,28,31-52,56-59,66-68,70-78H,17-25H2,1-13H3,(H,79,80)/b26-14-,27-15-/t28-,31?,32+,33+,34?,35?,36-,37-,38+,39-,40-,41+,42-,43+,44-,45-,46-,47-,48+,49+,50-,51-,52+,56+,57-,58-,59-,62-,63+,64-,65-/m0/s1. The molecule has 93 heavy (non-hydrogen) atoms. The van der Waals surface area contributed by atoms with Gasteiger partial charge in [-0.15, -0.1) is 0 Å². The predicted octanol–water partition coefficient (Wildman–Crippen LogP) is -0.315. The Morgan fingerprint density at radius 2 is 1.14 bits per heavy atom. The summed E-state index contributed by atoms with van der Waals surface area (Å²) in [5.74, 6) is -5.28. The van der Waals surface area contributed by atoms with Crippen molar-refractivity contribution in [2.75, 3.05) is 19.8 Å². The lowest BCUT2D eigenvalue weighted by Crippen LogP contribution is -2.77. The molecule has 4 heterocycles. The number of carboxylic acids is 1. The van der Waals surface area contributed by atoms with Gasteiger partial charge in [-0.05, 0) is 113 Å². The molecule has 4 aliphatic heterocycles. The zero-order valence-corrected chi connectivity index (χ0v) is 55.1. The van der Waals surface area contributed by atoms with E-state index < -0.39 is 229 Å². The van der Waals surface area contributed by atoms with Crippen LogP contribution in [0.1, 0.15) is 129 Å².